The van der Waals surface area contributed by atoms with Crippen LogP contribution in [0.25, 0.3) is 0 Å². The summed E-state index contributed by atoms with van der Waals surface area (Å²) in [5.74, 6) is 1.15. The van der Waals surface area contributed by atoms with Crippen molar-refractivity contribution < 1.29 is 4.79 Å². The van der Waals surface area contributed by atoms with Gasteiger partial charge in [-0.1, -0.05) is 31.0 Å². The Morgan fingerprint density at radius 3 is 2.50 bits per heavy atom. The maximum absolute atomic E-state index is 11.9. The molecule has 2 nitrogen and oxygen atoms in total. The second-order valence-electron chi connectivity index (χ2n) is 4.71. The molecule has 1 unspecified atom stereocenters. The average Bonchev–Trinajstić information content (AvgIpc) is 2.37. The fraction of sp³-hybridized carbons (Fsp3) is 0.533. The second-order valence-corrected chi connectivity index (χ2v) is 5.09. The van der Waals surface area contributed by atoms with Crippen molar-refractivity contribution in [2.75, 3.05) is 12.4 Å². The minimum absolute atomic E-state index is 0.00526. The first-order chi connectivity index (χ1) is 8.67. The van der Waals surface area contributed by atoms with Crippen molar-refractivity contribution in [3.8, 4) is 0 Å². The van der Waals surface area contributed by atoms with Crippen LogP contribution in [0, 0.1) is 12.8 Å². The van der Waals surface area contributed by atoms with Gasteiger partial charge in [-0.3, -0.25) is 4.79 Å². The normalized spacial score (nSPS) is 12.2. The predicted octanol–water partition coefficient (Wildman–Crippen LogP) is 3.77. The van der Waals surface area contributed by atoms with E-state index in [-0.39, 0.29) is 5.91 Å². The van der Waals surface area contributed by atoms with Crippen molar-refractivity contribution in [2.45, 2.75) is 33.1 Å². The van der Waals surface area contributed by atoms with Gasteiger partial charge in [0.05, 0.1) is 0 Å². The minimum atomic E-state index is 0.00526. The van der Waals surface area contributed by atoms with Gasteiger partial charge in [0.1, 0.15) is 0 Å². The molecule has 1 N–H and O–H groups in total. The summed E-state index contributed by atoms with van der Waals surface area (Å²) in [7, 11) is 0. The molecule has 0 spiro atoms. The highest BCUT2D eigenvalue weighted by atomic mass is 35.5. The number of alkyl halides is 1. The Balaban J connectivity index is 2.46. The van der Waals surface area contributed by atoms with Gasteiger partial charge in [-0.15, -0.1) is 11.6 Å². The molecule has 0 aliphatic rings. The summed E-state index contributed by atoms with van der Waals surface area (Å²) in [4.78, 5) is 11.9. The van der Waals surface area contributed by atoms with Crippen LogP contribution >= 0.6 is 11.6 Å². The number of rotatable bonds is 7. The quantitative estimate of drug-likeness (QED) is 0.749. The lowest BCUT2D eigenvalue weighted by molar-refractivity contribution is 0.0946. The SMILES string of the molecule is CCCC(CCCl)CNC(=O)c1ccc(C)cc1. The van der Waals surface area contributed by atoms with Gasteiger partial charge in [0.2, 0.25) is 0 Å². The molecule has 1 amide bonds. The lowest BCUT2D eigenvalue weighted by Gasteiger charge is -2.15. The van der Waals surface area contributed by atoms with Crippen LogP contribution in [0.5, 0.6) is 0 Å². The number of hydrogen-bond donors (Lipinski definition) is 1. The van der Waals surface area contributed by atoms with E-state index in [1.54, 1.807) is 0 Å². The van der Waals surface area contributed by atoms with Gasteiger partial charge in [0.15, 0.2) is 0 Å². The van der Waals surface area contributed by atoms with Crippen molar-refractivity contribution in [3.05, 3.63) is 35.4 Å². The van der Waals surface area contributed by atoms with Crippen molar-refractivity contribution in [1.29, 1.82) is 0 Å². The van der Waals surface area contributed by atoms with Gasteiger partial charge in [-0.05, 0) is 37.8 Å². The monoisotopic (exact) mass is 267 g/mol. The minimum Gasteiger partial charge on any atom is -0.352 e. The van der Waals surface area contributed by atoms with Gasteiger partial charge in [0.25, 0.3) is 5.91 Å². The van der Waals surface area contributed by atoms with Gasteiger partial charge in [0, 0.05) is 18.0 Å². The zero-order valence-corrected chi connectivity index (χ0v) is 12.0. The van der Waals surface area contributed by atoms with Crippen LogP contribution in [-0.2, 0) is 0 Å². The number of halogens is 1. The Kier molecular flexibility index (Phi) is 6.81. The van der Waals surface area contributed by atoms with Gasteiger partial charge >= 0.3 is 0 Å². The number of carbonyl (C=O) groups excluding carboxylic acids is 1. The maximum Gasteiger partial charge on any atom is 0.251 e. The Bertz CT molecular complexity index is 355. The van der Waals surface area contributed by atoms with E-state index in [0.29, 0.717) is 18.3 Å². The van der Waals surface area contributed by atoms with Crippen molar-refractivity contribution >= 4 is 17.5 Å². The molecule has 0 fully saturated rings. The molecule has 100 valence electrons. The predicted molar refractivity (Wildman–Crippen MR) is 77.2 cm³/mol. The fourth-order valence-electron chi connectivity index (χ4n) is 1.96. The Labute approximate surface area is 115 Å². The molecule has 0 aliphatic heterocycles. The van der Waals surface area contributed by atoms with Gasteiger partial charge in [-0.2, -0.15) is 0 Å². The van der Waals surface area contributed by atoms with E-state index in [2.05, 4.69) is 12.2 Å². The summed E-state index contributed by atoms with van der Waals surface area (Å²) in [5, 5.41) is 2.99. The molecule has 3 heteroatoms. The third-order valence-corrected chi connectivity index (χ3v) is 3.30. The second kappa shape index (κ2) is 8.15. The Hall–Kier alpha value is -1.02. The van der Waals surface area contributed by atoms with Crippen LogP contribution in [-0.4, -0.2) is 18.3 Å². The van der Waals surface area contributed by atoms with Crippen molar-refractivity contribution in [3.63, 3.8) is 0 Å². The molecular weight excluding hydrogens is 246 g/mol. The average molecular weight is 268 g/mol. The summed E-state index contributed by atoms with van der Waals surface area (Å²) >= 11 is 5.77. The van der Waals surface area contributed by atoms with E-state index < -0.39 is 0 Å². The third kappa shape index (κ3) is 5.09. The van der Waals surface area contributed by atoms with Crippen LogP contribution in [0.3, 0.4) is 0 Å². The Morgan fingerprint density at radius 2 is 1.94 bits per heavy atom. The molecule has 0 aliphatic carbocycles. The zero-order valence-electron chi connectivity index (χ0n) is 11.2. The highest BCUT2D eigenvalue weighted by Crippen LogP contribution is 2.11. The number of nitrogens with one attached hydrogen (secondary N) is 1. The van der Waals surface area contributed by atoms with Crippen LogP contribution < -0.4 is 5.32 Å². The molecule has 0 saturated carbocycles. The van der Waals surface area contributed by atoms with E-state index in [0.717, 1.165) is 30.4 Å². The van der Waals surface area contributed by atoms with E-state index >= 15 is 0 Å². The summed E-state index contributed by atoms with van der Waals surface area (Å²) in [6.45, 7) is 4.88. The van der Waals surface area contributed by atoms with Crippen molar-refractivity contribution in [2.24, 2.45) is 5.92 Å². The lowest BCUT2D eigenvalue weighted by atomic mass is 10.0. The number of aryl methyl sites for hydroxylation is 1. The summed E-state index contributed by atoms with van der Waals surface area (Å²) in [5.41, 5.74) is 1.89. The highest BCUT2D eigenvalue weighted by molar-refractivity contribution is 6.17. The lowest BCUT2D eigenvalue weighted by Crippen LogP contribution is -2.29. The number of amides is 1. The van der Waals surface area contributed by atoms with Crippen LogP contribution in [0.15, 0.2) is 24.3 Å². The molecule has 1 rings (SSSR count). The summed E-state index contributed by atoms with van der Waals surface area (Å²) < 4.78 is 0. The molecule has 1 aromatic rings. The number of benzene rings is 1. The smallest absolute Gasteiger partial charge is 0.251 e. The van der Waals surface area contributed by atoms with Crippen LogP contribution in [0.1, 0.15) is 42.1 Å². The molecular formula is C15H22ClNO. The zero-order chi connectivity index (χ0) is 13.4. The van der Waals surface area contributed by atoms with E-state index in [1.807, 2.05) is 31.2 Å². The summed E-state index contributed by atoms with van der Waals surface area (Å²) in [6, 6.07) is 7.64. The Morgan fingerprint density at radius 1 is 1.28 bits per heavy atom. The third-order valence-electron chi connectivity index (χ3n) is 3.08. The van der Waals surface area contributed by atoms with Gasteiger partial charge < -0.3 is 5.32 Å². The van der Waals surface area contributed by atoms with Crippen molar-refractivity contribution in [1.82, 2.24) is 5.32 Å². The topological polar surface area (TPSA) is 29.1 Å². The van der Waals surface area contributed by atoms with E-state index in [9.17, 15) is 4.79 Å². The van der Waals surface area contributed by atoms with Gasteiger partial charge in [-0.25, -0.2) is 0 Å². The molecule has 0 bridgehead atoms. The number of carbonyl (C=O) groups is 1. The summed E-state index contributed by atoms with van der Waals surface area (Å²) in [6.07, 6.45) is 3.20. The molecule has 0 radical (unpaired) electrons. The van der Waals surface area contributed by atoms with E-state index in [4.69, 9.17) is 11.6 Å². The first-order valence-corrected chi connectivity index (χ1v) is 7.11. The first-order valence-electron chi connectivity index (χ1n) is 6.58. The highest BCUT2D eigenvalue weighted by Gasteiger charge is 2.10. The van der Waals surface area contributed by atoms with Crippen LogP contribution in [0.2, 0.25) is 0 Å². The molecule has 0 heterocycles. The van der Waals surface area contributed by atoms with Crippen LogP contribution in [0.4, 0.5) is 0 Å². The molecule has 0 aromatic heterocycles. The molecule has 1 aromatic carbocycles. The largest absolute Gasteiger partial charge is 0.352 e. The first kappa shape index (κ1) is 15.0. The fourth-order valence-corrected chi connectivity index (χ4v) is 2.26. The standard InChI is InChI=1S/C15H22ClNO/c1-3-4-13(9-10-16)11-17-15(18)14-7-5-12(2)6-8-14/h5-8,13H,3-4,9-11H2,1-2H3,(H,17,18). The molecule has 1 atom stereocenters. The van der Waals surface area contributed by atoms with E-state index in [1.165, 1.54) is 0 Å². The molecule has 18 heavy (non-hydrogen) atoms. The number of hydrogen-bond acceptors (Lipinski definition) is 1. The maximum atomic E-state index is 11.9. The molecule has 0 saturated heterocycles.